The van der Waals surface area contributed by atoms with Gasteiger partial charge in [0.15, 0.2) is 16.8 Å². The van der Waals surface area contributed by atoms with Crippen LogP contribution in [0.25, 0.3) is 11.4 Å². The van der Waals surface area contributed by atoms with E-state index in [1.165, 1.54) is 23.9 Å². The number of Topliss-reactive ketones (excluding diaryl/α,β-unsaturated/α-hetero) is 1. The molecule has 0 aliphatic heterocycles. The lowest BCUT2D eigenvalue weighted by Gasteiger charge is -2.14. The van der Waals surface area contributed by atoms with Crippen molar-refractivity contribution in [2.45, 2.75) is 32.9 Å². The second kappa shape index (κ2) is 7.64. The van der Waals surface area contributed by atoms with E-state index in [-0.39, 0.29) is 11.6 Å². The van der Waals surface area contributed by atoms with Crippen LogP contribution in [-0.2, 0) is 7.05 Å². The molecule has 0 unspecified atom stereocenters. The molecule has 0 N–H and O–H groups in total. The van der Waals surface area contributed by atoms with Gasteiger partial charge in [-0.2, -0.15) is 0 Å². The maximum absolute atomic E-state index is 13.1. The van der Waals surface area contributed by atoms with Crippen molar-refractivity contribution >= 4 is 17.5 Å². The Morgan fingerprint density at radius 3 is 2.22 bits per heavy atom. The van der Waals surface area contributed by atoms with Crippen LogP contribution in [0, 0.1) is 33.5 Å². The van der Waals surface area contributed by atoms with Gasteiger partial charge >= 0.3 is 0 Å². The highest BCUT2D eigenvalue weighted by Crippen LogP contribution is 2.26. The molecular weight excluding hydrogens is 361 g/mol. The largest absolute Gasteiger partial charge is 0.305 e. The summed E-state index contributed by atoms with van der Waals surface area (Å²) in [6, 6.07) is 8.24. The van der Waals surface area contributed by atoms with Gasteiger partial charge in [-0.3, -0.25) is 4.79 Å². The quantitative estimate of drug-likeness (QED) is 0.468. The number of benzene rings is 2. The zero-order chi connectivity index (χ0) is 19.7. The van der Waals surface area contributed by atoms with Crippen molar-refractivity contribution < 1.29 is 9.18 Å². The van der Waals surface area contributed by atoms with Crippen molar-refractivity contribution in [2.75, 3.05) is 5.75 Å². The molecule has 0 bridgehead atoms. The van der Waals surface area contributed by atoms with E-state index in [1.807, 2.05) is 39.3 Å². The van der Waals surface area contributed by atoms with E-state index in [2.05, 4.69) is 16.3 Å². The van der Waals surface area contributed by atoms with E-state index in [0.717, 1.165) is 33.4 Å². The summed E-state index contributed by atoms with van der Waals surface area (Å²) >= 11 is 1.36. The molecule has 3 aromatic rings. The molecule has 27 heavy (non-hydrogen) atoms. The Balaban J connectivity index is 1.80. The molecule has 0 spiro atoms. The number of thioether (sulfide) groups is 1. The third kappa shape index (κ3) is 3.81. The number of ketones is 1. The fourth-order valence-electron chi connectivity index (χ4n) is 3.13. The predicted octanol–water partition coefficient (Wildman–Crippen LogP) is 4.83. The van der Waals surface area contributed by atoms with Crippen molar-refractivity contribution in [2.24, 2.45) is 7.05 Å². The molecule has 0 radical (unpaired) electrons. The van der Waals surface area contributed by atoms with Crippen LogP contribution in [0.2, 0.25) is 0 Å². The summed E-state index contributed by atoms with van der Waals surface area (Å²) in [5.41, 5.74) is 5.92. The van der Waals surface area contributed by atoms with Crippen LogP contribution in [0.15, 0.2) is 35.5 Å². The van der Waals surface area contributed by atoms with Crippen LogP contribution in [0.1, 0.15) is 32.6 Å². The maximum Gasteiger partial charge on any atom is 0.191 e. The van der Waals surface area contributed by atoms with Crippen LogP contribution in [-0.4, -0.2) is 26.3 Å². The first-order valence-corrected chi connectivity index (χ1v) is 9.67. The fourth-order valence-corrected chi connectivity index (χ4v) is 3.91. The van der Waals surface area contributed by atoms with E-state index in [0.29, 0.717) is 16.7 Å². The second-order valence-electron chi connectivity index (χ2n) is 6.72. The van der Waals surface area contributed by atoms with Gasteiger partial charge in [-0.05, 0) is 74.2 Å². The zero-order valence-electron chi connectivity index (χ0n) is 16.1. The highest BCUT2D eigenvalue weighted by molar-refractivity contribution is 7.99. The first-order valence-electron chi connectivity index (χ1n) is 8.68. The topological polar surface area (TPSA) is 47.8 Å². The molecule has 1 heterocycles. The van der Waals surface area contributed by atoms with Gasteiger partial charge in [-0.1, -0.05) is 17.8 Å². The van der Waals surface area contributed by atoms with E-state index < -0.39 is 0 Å². The minimum Gasteiger partial charge on any atom is -0.305 e. The minimum atomic E-state index is -0.291. The summed E-state index contributed by atoms with van der Waals surface area (Å²) in [5.74, 6) is 0.733. The number of hydrogen-bond donors (Lipinski definition) is 0. The van der Waals surface area contributed by atoms with Crippen LogP contribution in [0.5, 0.6) is 0 Å². The third-order valence-corrected chi connectivity index (χ3v) is 5.93. The predicted molar refractivity (Wildman–Crippen MR) is 107 cm³/mol. The van der Waals surface area contributed by atoms with Gasteiger partial charge in [0.05, 0.1) is 5.75 Å². The van der Waals surface area contributed by atoms with Gasteiger partial charge in [-0.15, -0.1) is 10.2 Å². The fraction of sp³-hybridized carbons (Fsp3) is 0.286. The Morgan fingerprint density at radius 1 is 1.04 bits per heavy atom. The Morgan fingerprint density at radius 2 is 1.63 bits per heavy atom. The highest BCUT2D eigenvalue weighted by atomic mass is 32.2. The number of aromatic nitrogens is 3. The lowest BCUT2D eigenvalue weighted by atomic mass is 9.92. The Labute approximate surface area is 162 Å². The molecule has 2 aromatic carbocycles. The molecule has 0 saturated heterocycles. The van der Waals surface area contributed by atoms with Crippen molar-refractivity contribution in [1.29, 1.82) is 0 Å². The van der Waals surface area contributed by atoms with Crippen molar-refractivity contribution in [3.63, 3.8) is 0 Å². The normalized spacial score (nSPS) is 11.0. The molecule has 0 aliphatic rings. The summed E-state index contributed by atoms with van der Waals surface area (Å²) < 4.78 is 14.9. The molecule has 0 atom stereocenters. The van der Waals surface area contributed by atoms with Gasteiger partial charge in [0.2, 0.25) is 0 Å². The summed E-state index contributed by atoms with van der Waals surface area (Å²) in [6.07, 6.45) is 0. The molecule has 6 heteroatoms. The van der Waals surface area contributed by atoms with Crippen molar-refractivity contribution in [3.8, 4) is 11.4 Å². The number of halogens is 1. The smallest absolute Gasteiger partial charge is 0.191 e. The standard InChI is InChI=1S/C21H22FN3OS/c1-12-10-13(2)15(4)19(14(12)3)18(26)11-27-21-24-23-20(25(21)5)16-6-8-17(22)9-7-16/h6-10H,11H2,1-5H3. The number of aryl methyl sites for hydroxylation is 2. The molecule has 4 nitrogen and oxygen atoms in total. The second-order valence-corrected chi connectivity index (χ2v) is 7.66. The van der Waals surface area contributed by atoms with Crippen molar-refractivity contribution in [3.05, 3.63) is 64.0 Å². The molecule has 0 saturated carbocycles. The van der Waals surface area contributed by atoms with Gasteiger partial charge in [0.1, 0.15) is 5.82 Å². The number of hydrogen-bond acceptors (Lipinski definition) is 4. The van der Waals surface area contributed by atoms with Crippen LogP contribution in [0.3, 0.4) is 0 Å². The third-order valence-electron chi connectivity index (χ3n) is 4.91. The monoisotopic (exact) mass is 383 g/mol. The SMILES string of the molecule is Cc1cc(C)c(C)c(C(=O)CSc2nnc(-c3ccc(F)cc3)n2C)c1C. The average molecular weight is 383 g/mol. The van der Waals surface area contributed by atoms with Crippen LogP contribution < -0.4 is 0 Å². The molecule has 0 amide bonds. The number of carbonyl (C=O) groups excluding carboxylic acids is 1. The van der Waals surface area contributed by atoms with Crippen molar-refractivity contribution in [1.82, 2.24) is 14.8 Å². The average Bonchev–Trinajstić information content (AvgIpc) is 3.00. The number of rotatable bonds is 5. The summed E-state index contributed by atoms with van der Waals surface area (Å²) in [4.78, 5) is 12.9. The first kappa shape index (κ1) is 19.3. The first-order chi connectivity index (χ1) is 12.8. The number of carbonyl (C=O) groups is 1. The van der Waals surface area contributed by atoms with Gasteiger partial charge < -0.3 is 4.57 Å². The lowest BCUT2D eigenvalue weighted by molar-refractivity contribution is 0.102. The molecule has 1 aromatic heterocycles. The molecule has 3 rings (SSSR count). The number of nitrogens with zero attached hydrogens (tertiary/aromatic N) is 3. The van der Waals surface area contributed by atoms with Gasteiger partial charge in [0, 0.05) is 18.2 Å². The zero-order valence-corrected chi connectivity index (χ0v) is 16.9. The Hall–Kier alpha value is -2.47. The van der Waals surface area contributed by atoms with E-state index in [9.17, 15) is 9.18 Å². The Kier molecular flexibility index (Phi) is 5.46. The van der Waals surface area contributed by atoms with Gasteiger partial charge in [-0.25, -0.2) is 4.39 Å². The summed E-state index contributed by atoms with van der Waals surface area (Å²) in [6.45, 7) is 8.05. The van der Waals surface area contributed by atoms with E-state index in [4.69, 9.17) is 0 Å². The summed E-state index contributed by atoms with van der Waals surface area (Å²) in [7, 11) is 1.85. The van der Waals surface area contributed by atoms with Gasteiger partial charge in [0.25, 0.3) is 0 Å². The molecule has 0 fully saturated rings. The Bertz CT molecular complexity index is 983. The highest BCUT2D eigenvalue weighted by Gasteiger charge is 2.18. The summed E-state index contributed by atoms with van der Waals surface area (Å²) in [5, 5.41) is 9.03. The molecular formula is C21H22FN3OS. The van der Waals surface area contributed by atoms with E-state index >= 15 is 0 Å². The van der Waals surface area contributed by atoms with E-state index in [1.54, 1.807) is 12.1 Å². The maximum atomic E-state index is 13.1. The van der Waals surface area contributed by atoms with Crippen LogP contribution >= 0.6 is 11.8 Å². The lowest BCUT2D eigenvalue weighted by Crippen LogP contribution is -2.10. The molecule has 140 valence electrons. The molecule has 0 aliphatic carbocycles. The minimum absolute atomic E-state index is 0.0909. The van der Waals surface area contributed by atoms with Crippen LogP contribution in [0.4, 0.5) is 4.39 Å².